The van der Waals surface area contributed by atoms with Crippen LogP contribution < -0.4 is 4.90 Å². The fourth-order valence-electron chi connectivity index (χ4n) is 12.5. The first-order chi connectivity index (χ1) is 34.5. The minimum atomic E-state index is -0.560. The first kappa shape index (κ1) is 40.4. The molecular weight excluding hydrogens is 847 g/mol. The predicted octanol–water partition coefficient (Wildman–Crippen LogP) is 18.2. The summed E-state index contributed by atoms with van der Waals surface area (Å²) in [5.74, 6) is 0. The molecule has 1 aromatic heterocycles. The second-order valence-corrected chi connectivity index (χ2v) is 19.5. The highest BCUT2D eigenvalue weighted by atomic mass is 16.3. The standard InChI is InChI=1S/C68H47NO/c1-67(2)58-33-14-12-30-56(58)64-55(32-18-35-60(64)67)54-29-13-16-36-62(54)69(48-26-17-21-45(42-48)50-31-19-37-63-65(50)57-40-38-44-20-9-10-27-51(44)66(57)70-63)49-39-41-53-52-28-11-15-34-59(52)68(61(53)43-49,46-22-5-3-6-23-46)47-24-7-4-8-25-47/h3-43H,1-2H3. The minimum Gasteiger partial charge on any atom is -0.455 e. The largest absolute Gasteiger partial charge is 0.455 e. The summed E-state index contributed by atoms with van der Waals surface area (Å²) in [6, 6.07) is 91.9. The Balaban J connectivity index is 1.04. The van der Waals surface area contributed by atoms with E-state index in [0.29, 0.717) is 0 Å². The Bertz CT molecular complexity index is 4010. The molecule has 0 aliphatic heterocycles. The molecule has 1 heterocycles. The van der Waals surface area contributed by atoms with Crippen molar-refractivity contribution in [1.82, 2.24) is 0 Å². The van der Waals surface area contributed by atoms with E-state index in [9.17, 15) is 0 Å². The van der Waals surface area contributed by atoms with Crippen molar-refractivity contribution in [2.24, 2.45) is 0 Å². The van der Waals surface area contributed by atoms with E-state index in [0.717, 1.165) is 55.5 Å². The molecule has 2 heteroatoms. The maximum absolute atomic E-state index is 6.74. The van der Waals surface area contributed by atoms with Gasteiger partial charge >= 0.3 is 0 Å². The van der Waals surface area contributed by atoms with Crippen LogP contribution in [-0.4, -0.2) is 0 Å². The first-order valence-corrected chi connectivity index (χ1v) is 24.4. The summed E-state index contributed by atoms with van der Waals surface area (Å²) in [5, 5.41) is 4.54. The fourth-order valence-corrected chi connectivity index (χ4v) is 12.5. The molecule has 0 spiro atoms. The second kappa shape index (κ2) is 15.4. The normalized spacial score (nSPS) is 13.8. The average molecular weight is 894 g/mol. The van der Waals surface area contributed by atoms with E-state index in [1.165, 1.54) is 72.1 Å². The van der Waals surface area contributed by atoms with E-state index in [1.54, 1.807) is 0 Å². The first-order valence-electron chi connectivity index (χ1n) is 24.4. The molecule has 0 unspecified atom stereocenters. The van der Waals surface area contributed by atoms with E-state index < -0.39 is 5.41 Å². The highest BCUT2D eigenvalue weighted by Crippen LogP contribution is 2.58. The molecule has 0 bridgehead atoms. The number of hydrogen-bond acceptors (Lipinski definition) is 2. The van der Waals surface area contributed by atoms with Gasteiger partial charge in [-0.1, -0.05) is 220 Å². The fraction of sp³-hybridized carbons (Fsp3) is 0.0588. The van der Waals surface area contributed by atoms with Crippen LogP contribution >= 0.6 is 0 Å². The summed E-state index contributed by atoms with van der Waals surface area (Å²) >= 11 is 0. The van der Waals surface area contributed by atoms with E-state index >= 15 is 0 Å². The van der Waals surface area contributed by atoms with Crippen molar-refractivity contribution >= 4 is 49.8 Å². The summed E-state index contributed by atoms with van der Waals surface area (Å²) in [6.07, 6.45) is 0. The lowest BCUT2D eigenvalue weighted by Gasteiger charge is -2.35. The summed E-state index contributed by atoms with van der Waals surface area (Å²) < 4.78 is 6.74. The van der Waals surface area contributed by atoms with Crippen molar-refractivity contribution in [3.8, 4) is 44.5 Å². The molecule has 2 aliphatic rings. The zero-order valence-corrected chi connectivity index (χ0v) is 39.0. The summed E-state index contributed by atoms with van der Waals surface area (Å²) in [5.41, 5.74) is 21.9. The van der Waals surface area contributed by atoms with Gasteiger partial charge in [-0.15, -0.1) is 0 Å². The molecule has 330 valence electrons. The molecule has 2 nitrogen and oxygen atoms in total. The van der Waals surface area contributed by atoms with Gasteiger partial charge in [-0.25, -0.2) is 0 Å². The zero-order valence-electron chi connectivity index (χ0n) is 39.0. The Labute approximate surface area is 408 Å². The molecule has 2 aliphatic carbocycles. The van der Waals surface area contributed by atoms with E-state index in [4.69, 9.17) is 4.42 Å². The van der Waals surface area contributed by atoms with Gasteiger partial charge in [0.25, 0.3) is 0 Å². The number of benzene rings is 11. The van der Waals surface area contributed by atoms with Crippen molar-refractivity contribution in [3.63, 3.8) is 0 Å². The van der Waals surface area contributed by atoms with Crippen molar-refractivity contribution in [3.05, 3.63) is 282 Å². The average Bonchev–Trinajstić information content (AvgIpc) is 4.03. The molecule has 0 saturated carbocycles. The monoisotopic (exact) mass is 893 g/mol. The summed E-state index contributed by atoms with van der Waals surface area (Å²) in [7, 11) is 0. The quantitative estimate of drug-likeness (QED) is 0.158. The van der Waals surface area contributed by atoms with Crippen LogP contribution in [0, 0.1) is 0 Å². The Hall–Kier alpha value is -8.72. The van der Waals surface area contributed by atoms with Crippen molar-refractivity contribution in [2.45, 2.75) is 24.7 Å². The third-order valence-corrected chi connectivity index (χ3v) is 15.5. The lowest BCUT2D eigenvalue weighted by atomic mass is 9.67. The lowest BCUT2D eigenvalue weighted by Crippen LogP contribution is -2.28. The highest BCUT2D eigenvalue weighted by molar-refractivity contribution is 6.19. The highest BCUT2D eigenvalue weighted by Gasteiger charge is 2.46. The topological polar surface area (TPSA) is 16.4 Å². The maximum atomic E-state index is 6.74. The molecular formula is C68H47NO. The Morgan fingerprint density at radius 1 is 0.371 bits per heavy atom. The second-order valence-electron chi connectivity index (χ2n) is 19.5. The van der Waals surface area contributed by atoms with Gasteiger partial charge in [-0.2, -0.15) is 0 Å². The van der Waals surface area contributed by atoms with Gasteiger partial charge < -0.3 is 9.32 Å². The Kier molecular flexibility index (Phi) is 8.88. The zero-order chi connectivity index (χ0) is 46.6. The smallest absolute Gasteiger partial charge is 0.143 e. The number of furan rings is 1. The van der Waals surface area contributed by atoms with Crippen LogP contribution in [0.4, 0.5) is 17.1 Å². The van der Waals surface area contributed by atoms with Crippen LogP contribution in [0.5, 0.6) is 0 Å². The number of para-hydroxylation sites is 1. The number of rotatable bonds is 7. The SMILES string of the molecule is CC1(C)c2ccccc2-c2c(-c3ccccc3N(c3cccc(-c4cccc5oc6c7ccccc7ccc6c45)c3)c3ccc4c(c3)C(c3ccccc3)(c3ccccc3)c3ccccc3-4)cccc21. The van der Waals surface area contributed by atoms with Crippen LogP contribution in [0.3, 0.4) is 0 Å². The molecule has 12 aromatic rings. The minimum absolute atomic E-state index is 0.136. The Morgan fingerprint density at radius 3 is 1.79 bits per heavy atom. The Morgan fingerprint density at radius 2 is 0.971 bits per heavy atom. The maximum Gasteiger partial charge on any atom is 0.143 e. The molecule has 0 atom stereocenters. The molecule has 0 fully saturated rings. The third-order valence-electron chi connectivity index (χ3n) is 15.5. The van der Waals surface area contributed by atoms with Crippen LogP contribution in [0.25, 0.3) is 77.2 Å². The molecule has 0 radical (unpaired) electrons. The molecule has 11 aromatic carbocycles. The molecule has 0 amide bonds. The number of fused-ring (bicyclic) bond motifs is 11. The lowest BCUT2D eigenvalue weighted by molar-refractivity contribution is 0.660. The number of nitrogens with zero attached hydrogens (tertiary/aromatic N) is 1. The molecule has 70 heavy (non-hydrogen) atoms. The summed E-state index contributed by atoms with van der Waals surface area (Å²) in [4.78, 5) is 2.51. The van der Waals surface area contributed by atoms with Crippen molar-refractivity contribution < 1.29 is 4.42 Å². The third kappa shape index (κ3) is 5.74. The number of hydrogen-bond donors (Lipinski definition) is 0. The van der Waals surface area contributed by atoms with Gasteiger partial charge in [0.1, 0.15) is 11.2 Å². The van der Waals surface area contributed by atoms with Crippen molar-refractivity contribution in [2.75, 3.05) is 4.90 Å². The van der Waals surface area contributed by atoms with Gasteiger partial charge in [0.2, 0.25) is 0 Å². The van der Waals surface area contributed by atoms with Gasteiger partial charge in [0.05, 0.1) is 11.1 Å². The predicted molar refractivity (Wildman–Crippen MR) is 292 cm³/mol. The van der Waals surface area contributed by atoms with Crippen LogP contribution in [0.15, 0.2) is 253 Å². The van der Waals surface area contributed by atoms with Crippen LogP contribution in [0.1, 0.15) is 47.2 Å². The van der Waals surface area contributed by atoms with E-state index in [-0.39, 0.29) is 5.41 Å². The van der Waals surface area contributed by atoms with Gasteiger partial charge in [0.15, 0.2) is 0 Å². The molecule has 0 saturated heterocycles. The van der Waals surface area contributed by atoms with E-state index in [2.05, 4.69) is 267 Å². The van der Waals surface area contributed by atoms with Crippen LogP contribution in [-0.2, 0) is 10.8 Å². The van der Waals surface area contributed by atoms with Gasteiger partial charge in [-0.05, 0) is 120 Å². The van der Waals surface area contributed by atoms with Gasteiger partial charge in [-0.3, -0.25) is 0 Å². The van der Waals surface area contributed by atoms with Crippen LogP contribution in [0.2, 0.25) is 0 Å². The number of anilines is 3. The molecule has 14 rings (SSSR count). The summed E-state index contributed by atoms with van der Waals surface area (Å²) in [6.45, 7) is 4.73. The van der Waals surface area contributed by atoms with E-state index in [1.807, 2.05) is 0 Å². The molecule has 0 N–H and O–H groups in total. The van der Waals surface area contributed by atoms with Gasteiger partial charge in [0, 0.05) is 38.5 Å². The van der Waals surface area contributed by atoms with Crippen molar-refractivity contribution in [1.29, 1.82) is 0 Å².